The fourth-order valence-electron chi connectivity index (χ4n) is 0.509. The largest absolute Gasteiger partial charge is 0.304 e. The zero-order valence-electron chi connectivity index (χ0n) is 6.80. The normalized spacial score (nSPS) is 13.5. The first-order chi connectivity index (χ1) is 4.81. The molecule has 0 heterocycles. The van der Waals surface area contributed by atoms with Crippen LogP contribution in [0.15, 0.2) is 0 Å². The topological polar surface area (TPSA) is 35.2 Å². The van der Waals surface area contributed by atoms with Crippen LogP contribution in [-0.4, -0.2) is 18.1 Å². The van der Waals surface area contributed by atoms with Crippen LogP contribution >= 0.6 is 11.8 Å². The van der Waals surface area contributed by atoms with Crippen molar-refractivity contribution in [2.75, 3.05) is 18.1 Å². The van der Waals surface area contributed by atoms with Gasteiger partial charge in [-0.05, 0) is 11.7 Å². The zero-order chi connectivity index (χ0) is 7.82. The van der Waals surface area contributed by atoms with Crippen molar-refractivity contribution in [3.8, 4) is 0 Å². The molecule has 0 spiro atoms. The molecule has 10 heavy (non-hydrogen) atoms. The summed E-state index contributed by atoms with van der Waals surface area (Å²) in [6.07, 6.45) is 1.26. The number of hydrogen-bond donors (Lipinski definition) is 1. The van der Waals surface area contributed by atoms with Gasteiger partial charge < -0.3 is 4.84 Å². The number of rotatable bonds is 6. The summed E-state index contributed by atoms with van der Waals surface area (Å²) in [4.78, 5) is 4.44. The van der Waals surface area contributed by atoms with Crippen LogP contribution in [-0.2, 0) is 4.84 Å². The molecule has 0 fully saturated rings. The van der Waals surface area contributed by atoms with E-state index in [1.807, 2.05) is 11.8 Å². The summed E-state index contributed by atoms with van der Waals surface area (Å²) >= 11 is 1.91. The van der Waals surface area contributed by atoms with Gasteiger partial charge in [0, 0.05) is 5.75 Å². The van der Waals surface area contributed by atoms with Crippen molar-refractivity contribution < 1.29 is 4.84 Å². The Morgan fingerprint density at radius 2 is 2.30 bits per heavy atom. The van der Waals surface area contributed by atoms with Crippen LogP contribution in [0.1, 0.15) is 20.3 Å². The highest BCUT2D eigenvalue weighted by Crippen LogP contribution is 2.10. The van der Waals surface area contributed by atoms with Gasteiger partial charge in [-0.2, -0.15) is 11.8 Å². The molecule has 0 aliphatic carbocycles. The first-order valence-corrected chi connectivity index (χ1v) is 4.86. The minimum absolute atomic E-state index is 0.668. The molecule has 1 unspecified atom stereocenters. The smallest absolute Gasteiger partial charge is 0.0769 e. The quantitative estimate of drug-likeness (QED) is 0.478. The lowest BCUT2D eigenvalue weighted by molar-refractivity contribution is 0.155. The number of hydrogen-bond acceptors (Lipinski definition) is 3. The van der Waals surface area contributed by atoms with Gasteiger partial charge in [0.2, 0.25) is 0 Å². The molecule has 0 saturated carbocycles. The summed E-state index contributed by atoms with van der Waals surface area (Å²) in [5.74, 6) is 7.92. The average Bonchev–Trinajstić information content (AvgIpc) is 1.98. The lowest BCUT2D eigenvalue weighted by atomic mass is 10.2. The summed E-state index contributed by atoms with van der Waals surface area (Å²) in [5, 5.41) is 0. The van der Waals surface area contributed by atoms with E-state index in [1.165, 1.54) is 12.2 Å². The van der Waals surface area contributed by atoms with Crippen LogP contribution in [0.3, 0.4) is 0 Å². The molecule has 2 nitrogen and oxygen atoms in total. The summed E-state index contributed by atoms with van der Waals surface area (Å²) in [6.45, 7) is 5.14. The first-order valence-electron chi connectivity index (χ1n) is 3.70. The monoisotopic (exact) mass is 163 g/mol. The van der Waals surface area contributed by atoms with E-state index < -0.39 is 0 Å². The second-order valence-electron chi connectivity index (χ2n) is 2.46. The molecule has 3 heteroatoms. The van der Waals surface area contributed by atoms with Gasteiger partial charge >= 0.3 is 0 Å². The Morgan fingerprint density at radius 1 is 1.60 bits per heavy atom. The zero-order valence-corrected chi connectivity index (χ0v) is 7.62. The second kappa shape index (κ2) is 7.38. The molecular formula is C7H17NOS. The van der Waals surface area contributed by atoms with Gasteiger partial charge in [-0.1, -0.05) is 20.3 Å². The molecule has 0 radical (unpaired) electrons. The number of nitrogens with two attached hydrogens (primary N) is 1. The molecule has 0 rings (SSSR count). The summed E-state index contributed by atoms with van der Waals surface area (Å²) in [5.41, 5.74) is 0. The van der Waals surface area contributed by atoms with Crippen LogP contribution in [0.25, 0.3) is 0 Å². The summed E-state index contributed by atoms with van der Waals surface area (Å²) in [6, 6.07) is 0. The van der Waals surface area contributed by atoms with E-state index in [1.54, 1.807) is 0 Å². The van der Waals surface area contributed by atoms with E-state index in [0.29, 0.717) is 6.61 Å². The molecule has 2 N–H and O–H groups in total. The molecule has 0 aliphatic heterocycles. The molecule has 0 amide bonds. The summed E-state index contributed by atoms with van der Waals surface area (Å²) in [7, 11) is 0. The second-order valence-corrected chi connectivity index (χ2v) is 3.61. The third kappa shape index (κ3) is 6.39. The van der Waals surface area contributed by atoms with E-state index >= 15 is 0 Å². The highest BCUT2D eigenvalue weighted by Gasteiger charge is 1.97. The maximum Gasteiger partial charge on any atom is 0.0769 e. The van der Waals surface area contributed by atoms with Crippen LogP contribution in [0, 0.1) is 5.92 Å². The van der Waals surface area contributed by atoms with Crippen molar-refractivity contribution in [1.82, 2.24) is 0 Å². The summed E-state index contributed by atoms with van der Waals surface area (Å²) < 4.78 is 0. The Balaban J connectivity index is 2.89. The van der Waals surface area contributed by atoms with Gasteiger partial charge in [0.05, 0.1) is 6.61 Å². The van der Waals surface area contributed by atoms with E-state index in [9.17, 15) is 0 Å². The average molecular weight is 163 g/mol. The van der Waals surface area contributed by atoms with Gasteiger partial charge in [0.15, 0.2) is 0 Å². The Bertz CT molecular complexity index is 70.6. The predicted molar refractivity (Wildman–Crippen MR) is 46.9 cm³/mol. The fourth-order valence-corrected chi connectivity index (χ4v) is 1.53. The van der Waals surface area contributed by atoms with Crippen LogP contribution in [0.5, 0.6) is 0 Å². The van der Waals surface area contributed by atoms with Crippen molar-refractivity contribution in [1.29, 1.82) is 0 Å². The standard InChI is InChI=1S/C7H17NOS/c1-3-7(2)6-10-5-4-9-8/h7H,3-6,8H2,1-2H3. The van der Waals surface area contributed by atoms with Crippen molar-refractivity contribution in [3.05, 3.63) is 0 Å². The third-order valence-corrected chi connectivity index (χ3v) is 2.70. The van der Waals surface area contributed by atoms with Gasteiger partial charge in [-0.3, -0.25) is 0 Å². The molecule has 1 atom stereocenters. The van der Waals surface area contributed by atoms with Gasteiger partial charge in [0.25, 0.3) is 0 Å². The Kier molecular flexibility index (Phi) is 7.58. The highest BCUT2D eigenvalue weighted by molar-refractivity contribution is 7.99. The van der Waals surface area contributed by atoms with Gasteiger partial charge in [-0.15, -0.1) is 0 Å². The van der Waals surface area contributed by atoms with E-state index in [-0.39, 0.29) is 0 Å². The van der Waals surface area contributed by atoms with Gasteiger partial charge in [0.1, 0.15) is 0 Å². The van der Waals surface area contributed by atoms with E-state index in [2.05, 4.69) is 18.7 Å². The maximum absolute atomic E-state index is 4.86. The SMILES string of the molecule is CCC(C)CSCCON. The lowest BCUT2D eigenvalue weighted by Crippen LogP contribution is -2.04. The molecular weight excluding hydrogens is 146 g/mol. The molecule has 0 aliphatic rings. The molecule has 62 valence electrons. The van der Waals surface area contributed by atoms with Gasteiger partial charge in [-0.25, -0.2) is 5.90 Å². The maximum atomic E-state index is 4.86. The number of thioether (sulfide) groups is 1. The predicted octanol–water partition coefficient (Wildman–Crippen LogP) is 1.66. The molecule has 0 aromatic rings. The van der Waals surface area contributed by atoms with Crippen LogP contribution in [0.4, 0.5) is 0 Å². The molecule has 0 bridgehead atoms. The van der Waals surface area contributed by atoms with Crippen LogP contribution in [0.2, 0.25) is 0 Å². The lowest BCUT2D eigenvalue weighted by Gasteiger charge is -2.06. The fraction of sp³-hybridized carbons (Fsp3) is 1.00. The molecule has 0 aromatic heterocycles. The molecule has 0 saturated heterocycles. The Morgan fingerprint density at radius 3 is 2.80 bits per heavy atom. The van der Waals surface area contributed by atoms with E-state index in [0.717, 1.165) is 11.7 Å². The third-order valence-electron chi connectivity index (χ3n) is 1.44. The Labute approximate surface area is 67.5 Å². The molecule has 0 aromatic carbocycles. The minimum Gasteiger partial charge on any atom is -0.304 e. The Hall–Kier alpha value is 0.270. The first kappa shape index (κ1) is 10.3. The van der Waals surface area contributed by atoms with E-state index in [4.69, 9.17) is 5.90 Å². The highest BCUT2D eigenvalue weighted by atomic mass is 32.2. The van der Waals surface area contributed by atoms with Crippen molar-refractivity contribution in [2.45, 2.75) is 20.3 Å². The van der Waals surface area contributed by atoms with Crippen molar-refractivity contribution in [3.63, 3.8) is 0 Å². The van der Waals surface area contributed by atoms with Crippen molar-refractivity contribution >= 4 is 11.8 Å². The minimum atomic E-state index is 0.668. The van der Waals surface area contributed by atoms with Crippen LogP contribution < -0.4 is 5.90 Å². The van der Waals surface area contributed by atoms with Crippen molar-refractivity contribution in [2.24, 2.45) is 11.8 Å².